The summed E-state index contributed by atoms with van der Waals surface area (Å²) in [7, 11) is 0. The lowest BCUT2D eigenvalue weighted by atomic mass is 9.97. The summed E-state index contributed by atoms with van der Waals surface area (Å²) in [5.41, 5.74) is 14.0. The quantitative estimate of drug-likeness (QED) is 0.146. The molecule has 62 heavy (non-hydrogen) atoms. The minimum Gasteiger partial charge on any atom is -0.310 e. The fourth-order valence-electron chi connectivity index (χ4n) is 9.54. The SMILES string of the molecule is c1ccc(-c2ccc(N(c3ccc(-c4ccc5c(ccc6ccccc65)c4)cc3)c3cccc(-c4cccc5c4c4ccccc4n5-c4ccc5ccccc5c4)c3)cc2)cc1. The van der Waals surface area contributed by atoms with Crippen molar-refractivity contribution in [1.82, 2.24) is 4.57 Å². The van der Waals surface area contributed by atoms with Gasteiger partial charge in [0.15, 0.2) is 0 Å². The Kier molecular flexibility index (Phi) is 8.53. The van der Waals surface area contributed by atoms with Crippen LogP contribution in [0.4, 0.5) is 17.1 Å². The Morgan fingerprint density at radius 2 is 0.839 bits per heavy atom. The van der Waals surface area contributed by atoms with Gasteiger partial charge in [-0.15, -0.1) is 0 Å². The number of hydrogen-bond donors (Lipinski definition) is 0. The second-order valence-corrected chi connectivity index (χ2v) is 16.2. The van der Waals surface area contributed by atoms with Crippen molar-refractivity contribution in [3.05, 3.63) is 243 Å². The molecule has 2 nitrogen and oxygen atoms in total. The van der Waals surface area contributed by atoms with E-state index in [0.717, 1.165) is 22.7 Å². The van der Waals surface area contributed by atoms with Crippen LogP contribution in [0.5, 0.6) is 0 Å². The molecule has 0 saturated heterocycles. The van der Waals surface area contributed by atoms with Crippen LogP contribution in [0, 0.1) is 0 Å². The summed E-state index contributed by atoms with van der Waals surface area (Å²) in [5, 5.41) is 10.0. The summed E-state index contributed by atoms with van der Waals surface area (Å²) in [5.74, 6) is 0. The third kappa shape index (κ3) is 6.12. The molecule has 0 aliphatic heterocycles. The van der Waals surface area contributed by atoms with Gasteiger partial charge in [0.05, 0.1) is 11.0 Å². The number of hydrogen-bond acceptors (Lipinski definition) is 1. The summed E-state index contributed by atoms with van der Waals surface area (Å²) in [6.07, 6.45) is 0. The Morgan fingerprint density at radius 3 is 1.65 bits per heavy atom. The highest BCUT2D eigenvalue weighted by molar-refractivity contribution is 6.16. The second kappa shape index (κ2) is 14.8. The minimum atomic E-state index is 1.09. The predicted octanol–water partition coefficient (Wildman–Crippen LogP) is 16.7. The Balaban J connectivity index is 0.977. The molecular weight excluding hydrogens is 749 g/mol. The van der Waals surface area contributed by atoms with Crippen molar-refractivity contribution in [3.63, 3.8) is 0 Å². The van der Waals surface area contributed by atoms with Crippen LogP contribution in [0.2, 0.25) is 0 Å². The zero-order valence-electron chi connectivity index (χ0n) is 34.0. The first-order chi connectivity index (χ1) is 30.7. The largest absolute Gasteiger partial charge is 0.310 e. The van der Waals surface area contributed by atoms with Gasteiger partial charge < -0.3 is 9.47 Å². The van der Waals surface area contributed by atoms with Gasteiger partial charge >= 0.3 is 0 Å². The minimum absolute atomic E-state index is 1.09. The van der Waals surface area contributed by atoms with Crippen molar-refractivity contribution in [2.75, 3.05) is 4.90 Å². The normalized spacial score (nSPS) is 11.5. The third-order valence-corrected chi connectivity index (χ3v) is 12.5. The molecule has 0 unspecified atom stereocenters. The van der Waals surface area contributed by atoms with Crippen molar-refractivity contribution in [2.24, 2.45) is 0 Å². The van der Waals surface area contributed by atoms with E-state index in [1.165, 1.54) is 87.5 Å². The van der Waals surface area contributed by atoms with Crippen LogP contribution in [0.1, 0.15) is 0 Å². The zero-order valence-corrected chi connectivity index (χ0v) is 34.0. The molecule has 0 bridgehead atoms. The average molecular weight is 789 g/mol. The van der Waals surface area contributed by atoms with E-state index in [9.17, 15) is 0 Å². The molecule has 12 rings (SSSR count). The number of fused-ring (bicyclic) bond motifs is 7. The highest BCUT2D eigenvalue weighted by Gasteiger charge is 2.19. The summed E-state index contributed by atoms with van der Waals surface area (Å²) in [6, 6.07) is 88.5. The molecule has 0 aliphatic rings. The number of nitrogens with zero attached hydrogens (tertiary/aromatic N) is 2. The summed E-state index contributed by atoms with van der Waals surface area (Å²) in [6.45, 7) is 0. The zero-order chi connectivity index (χ0) is 41.0. The van der Waals surface area contributed by atoms with Crippen LogP contribution < -0.4 is 4.90 Å². The number of anilines is 3. The number of rotatable bonds is 7. The smallest absolute Gasteiger partial charge is 0.0547 e. The topological polar surface area (TPSA) is 8.17 Å². The van der Waals surface area contributed by atoms with Crippen molar-refractivity contribution >= 4 is 71.2 Å². The van der Waals surface area contributed by atoms with Crippen molar-refractivity contribution < 1.29 is 0 Å². The summed E-state index contributed by atoms with van der Waals surface area (Å²) in [4.78, 5) is 2.38. The lowest BCUT2D eigenvalue weighted by Crippen LogP contribution is -2.10. The van der Waals surface area contributed by atoms with Crippen molar-refractivity contribution in [2.45, 2.75) is 0 Å². The monoisotopic (exact) mass is 788 g/mol. The van der Waals surface area contributed by atoms with E-state index in [2.05, 4.69) is 252 Å². The number of benzene rings is 11. The highest BCUT2D eigenvalue weighted by atomic mass is 15.1. The third-order valence-electron chi connectivity index (χ3n) is 12.5. The maximum atomic E-state index is 2.42. The van der Waals surface area contributed by atoms with E-state index in [4.69, 9.17) is 0 Å². The Morgan fingerprint density at radius 1 is 0.274 bits per heavy atom. The molecular formula is C60H40N2. The molecule has 1 aromatic heterocycles. The molecule has 11 aromatic carbocycles. The van der Waals surface area contributed by atoms with Crippen LogP contribution in [0.15, 0.2) is 243 Å². The average Bonchev–Trinajstić information content (AvgIpc) is 3.69. The molecule has 0 amide bonds. The van der Waals surface area contributed by atoms with E-state index >= 15 is 0 Å². The molecule has 12 aromatic rings. The first-order valence-electron chi connectivity index (χ1n) is 21.3. The Bertz CT molecular complexity index is 3620. The molecule has 290 valence electrons. The molecule has 0 atom stereocenters. The standard InChI is InChI=1S/C60H40N2/c1-2-12-41(13-3-1)43-26-32-50(33-27-43)61(51-34-28-44(29-35-51)47-31-37-55-49(38-47)25-24-45-15-6-7-19-54(45)55)52-18-10-17-48(40-52)56-21-11-23-59-60(56)57-20-8-9-22-58(57)62(59)53-36-30-42-14-4-5-16-46(42)39-53/h1-40H. The van der Waals surface area contributed by atoms with Crippen LogP contribution in [-0.4, -0.2) is 4.57 Å². The van der Waals surface area contributed by atoms with Crippen LogP contribution in [0.25, 0.3) is 93.2 Å². The molecule has 0 saturated carbocycles. The number of aromatic nitrogens is 1. The molecule has 0 spiro atoms. The first kappa shape index (κ1) is 35.7. The molecule has 0 radical (unpaired) electrons. The Labute approximate surface area is 360 Å². The van der Waals surface area contributed by atoms with Gasteiger partial charge in [-0.05, 0) is 132 Å². The van der Waals surface area contributed by atoms with Gasteiger partial charge in [0.2, 0.25) is 0 Å². The van der Waals surface area contributed by atoms with Crippen molar-refractivity contribution in [3.8, 4) is 39.1 Å². The van der Waals surface area contributed by atoms with Crippen LogP contribution >= 0.6 is 0 Å². The van der Waals surface area contributed by atoms with Gasteiger partial charge in [0.25, 0.3) is 0 Å². The fourth-order valence-corrected chi connectivity index (χ4v) is 9.54. The second-order valence-electron chi connectivity index (χ2n) is 16.2. The summed E-state index contributed by atoms with van der Waals surface area (Å²) < 4.78 is 2.42. The van der Waals surface area contributed by atoms with E-state index < -0.39 is 0 Å². The van der Waals surface area contributed by atoms with E-state index in [0.29, 0.717) is 0 Å². The van der Waals surface area contributed by atoms with Gasteiger partial charge in [-0.1, -0.05) is 176 Å². The molecule has 0 N–H and O–H groups in total. The predicted molar refractivity (Wildman–Crippen MR) is 264 cm³/mol. The summed E-state index contributed by atoms with van der Waals surface area (Å²) >= 11 is 0. The maximum Gasteiger partial charge on any atom is 0.0547 e. The van der Waals surface area contributed by atoms with Gasteiger partial charge in [0, 0.05) is 33.5 Å². The lowest BCUT2D eigenvalue weighted by Gasteiger charge is -2.26. The van der Waals surface area contributed by atoms with Crippen LogP contribution in [0.3, 0.4) is 0 Å². The van der Waals surface area contributed by atoms with Gasteiger partial charge in [0.1, 0.15) is 0 Å². The van der Waals surface area contributed by atoms with E-state index in [1.54, 1.807) is 0 Å². The lowest BCUT2D eigenvalue weighted by molar-refractivity contribution is 1.19. The maximum absolute atomic E-state index is 2.42. The molecule has 2 heteroatoms. The van der Waals surface area contributed by atoms with Crippen LogP contribution in [-0.2, 0) is 0 Å². The first-order valence-corrected chi connectivity index (χ1v) is 21.3. The van der Waals surface area contributed by atoms with Gasteiger partial charge in [-0.3, -0.25) is 0 Å². The molecule has 0 fully saturated rings. The fraction of sp³-hybridized carbons (Fsp3) is 0. The Hall–Kier alpha value is -8.20. The number of para-hydroxylation sites is 1. The van der Waals surface area contributed by atoms with Gasteiger partial charge in [-0.2, -0.15) is 0 Å². The van der Waals surface area contributed by atoms with Gasteiger partial charge in [-0.25, -0.2) is 0 Å². The highest BCUT2D eigenvalue weighted by Crippen LogP contribution is 2.42. The molecule has 1 heterocycles. The van der Waals surface area contributed by atoms with Crippen molar-refractivity contribution in [1.29, 1.82) is 0 Å². The van der Waals surface area contributed by atoms with E-state index in [-0.39, 0.29) is 0 Å². The molecule has 0 aliphatic carbocycles. The van der Waals surface area contributed by atoms with E-state index in [1.807, 2.05) is 0 Å².